The Kier molecular flexibility index (Phi) is 3.52. The number of hydrogen-bond acceptors (Lipinski definition) is 0. The van der Waals surface area contributed by atoms with Crippen LogP contribution in [0, 0.1) is 0 Å². The SMILES string of the molecule is C1=CC(c2cc3c(c(C4C=CC=C4)c2C2C=CC=C2)Cc2ccccc2-3)C=C1. The highest BCUT2D eigenvalue weighted by Gasteiger charge is 2.31. The van der Waals surface area contributed by atoms with E-state index in [2.05, 4.69) is 103 Å². The number of rotatable bonds is 3. The van der Waals surface area contributed by atoms with Crippen LogP contribution in [0.15, 0.2) is 103 Å². The van der Waals surface area contributed by atoms with E-state index in [1.165, 1.54) is 38.9 Å². The van der Waals surface area contributed by atoms with Gasteiger partial charge in [0.1, 0.15) is 0 Å². The van der Waals surface area contributed by atoms with Gasteiger partial charge in [-0.2, -0.15) is 0 Å². The molecule has 0 fully saturated rings. The van der Waals surface area contributed by atoms with Crippen molar-refractivity contribution in [2.75, 3.05) is 0 Å². The maximum atomic E-state index is 2.49. The lowest BCUT2D eigenvalue weighted by Crippen LogP contribution is -2.10. The van der Waals surface area contributed by atoms with Crippen LogP contribution in [0.3, 0.4) is 0 Å². The van der Waals surface area contributed by atoms with Crippen molar-refractivity contribution in [3.05, 3.63) is 131 Å². The molecule has 0 unspecified atom stereocenters. The Morgan fingerprint density at radius 1 is 0.571 bits per heavy atom. The standard InChI is InChI=1S/C28H22/c1-2-10-19(9-1)24-18-25-23-16-8-7-15-22(23)17-26(25)28(21-13-5-6-14-21)27(24)20-11-3-4-12-20/h1-16,18-21H,17H2. The summed E-state index contributed by atoms with van der Waals surface area (Å²) in [6.45, 7) is 0. The topological polar surface area (TPSA) is 0 Å². The Hall–Kier alpha value is -3.12. The van der Waals surface area contributed by atoms with Gasteiger partial charge in [-0.25, -0.2) is 0 Å². The molecule has 6 rings (SSSR count). The van der Waals surface area contributed by atoms with E-state index >= 15 is 0 Å². The molecular formula is C28H22. The van der Waals surface area contributed by atoms with Crippen LogP contribution in [0.4, 0.5) is 0 Å². The van der Waals surface area contributed by atoms with Gasteiger partial charge < -0.3 is 0 Å². The molecule has 2 aromatic carbocycles. The quantitative estimate of drug-likeness (QED) is 0.478. The molecule has 0 nitrogen and oxygen atoms in total. The first kappa shape index (κ1) is 15.9. The van der Waals surface area contributed by atoms with Crippen molar-refractivity contribution in [3.8, 4) is 11.1 Å². The van der Waals surface area contributed by atoms with Crippen molar-refractivity contribution in [1.82, 2.24) is 0 Å². The molecule has 0 saturated carbocycles. The lowest BCUT2D eigenvalue weighted by Gasteiger charge is -2.26. The van der Waals surface area contributed by atoms with Gasteiger partial charge in [-0.3, -0.25) is 0 Å². The predicted molar refractivity (Wildman–Crippen MR) is 118 cm³/mol. The largest absolute Gasteiger partial charge is 0.0732 e. The van der Waals surface area contributed by atoms with Crippen molar-refractivity contribution in [1.29, 1.82) is 0 Å². The average Bonchev–Trinajstić information content (AvgIpc) is 3.54. The summed E-state index contributed by atoms with van der Waals surface area (Å²) in [5.41, 5.74) is 10.4. The second-order valence-corrected chi connectivity index (χ2v) is 8.04. The molecule has 0 spiro atoms. The van der Waals surface area contributed by atoms with Crippen molar-refractivity contribution in [2.45, 2.75) is 24.2 Å². The first-order valence-electron chi connectivity index (χ1n) is 10.2. The van der Waals surface area contributed by atoms with Gasteiger partial charge in [-0.05, 0) is 51.4 Å². The fourth-order valence-electron chi connectivity index (χ4n) is 5.26. The fraction of sp³-hybridized carbons (Fsp3) is 0.143. The molecule has 0 bridgehead atoms. The van der Waals surface area contributed by atoms with Gasteiger partial charge in [0.25, 0.3) is 0 Å². The third kappa shape index (κ3) is 2.31. The van der Waals surface area contributed by atoms with Crippen molar-refractivity contribution < 1.29 is 0 Å². The maximum Gasteiger partial charge on any atom is 0.0211 e. The summed E-state index contributed by atoms with van der Waals surface area (Å²) in [6.07, 6.45) is 28.3. The summed E-state index contributed by atoms with van der Waals surface area (Å²) in [5, 5.41) is 0. The third-order valence-corrected chi connectivity index (χ3v) is 6.50. The molecule has 4 aliphatic rings. The minimum Gasteiger partial charge on any atom is -0.0732 e. The van der Waals surface area contributed by atoms with Crippen LogP contribution in [0.1, 0.15) is 45.6 Å². The highest BCUT2D eigenvalue weighted by atomic mass is 14.3. The highest BCUT2D eigenvalue weighted by molar-refractivity contribution is 5.81. The van der Waals surface area contributed by atoms with Gasteiger partial charge in [0.15, 0.2) is 0 Å². The Bertz CT molecular complexity index is 1110. The van der Waals surface area contributed by atoms with Crippen LogP contribution in [-0.4, -0.2) is 0 Å². The molecular weight excluding hydrogens is 336 g/mol. The van der Waals surface area contributed by atoms with E-state index in [0.29, 0.717) is 17.8 Å². The van der Waals surface area contributed by atoms with Crippen molar-refractivity contribution >= 4 is 0 Å². The van der Waals surface area contributed by atoms with Crippen molar-refractivity contribution in [2.24, 2.45) is 0 Å². The molecule has 0 saturated heterocycles. The lowest BCUT2D eigenvalue weighted by atomic mass is 9.77. The Balaban J connectivity index is 1.68. The predicted octanol–water partition coefficient (Wildman–Crippen LogP) is 6.89. The van der Waals surface area contributed by atoms with Crippen LogP contribution in [0.25, 0.3) is 11.1 Å². The maximum absolute atomic E-state index is 2.49. The smallest absolute Gasteiger partial charge is 0.0211 e. The molecule has 0 aromatic heterocycles. The molecule has 0 radical (unpaired) electrons. The van der Waals surface area contributed by atoms with Gasteiger partial charge >= 0.3 is 0 Å². The summed E-state index contributed by atoms with van der Waals surface area (Å²) >= 11 is 0. The molecule has 134 valence electrons. The summed E-state index contributed by atoms with van der Waals surface area (Å²) in [5.74, 6) is 1.10. The molecule has 0 N–H and O–H groups in total. The summed E-state index contributed by atoms with van der Waals surface area (Å²) < 4.78 is 0. The minimum absolute atomic E-state index is 0.364. The van der Waals surface area contributed by atoms with Crippen LogP contribution in [0.2, 0.25) is 0 Å². The second-order valence-electron chi connectivity index (χ2n) is 8.04. The third-order valence-electron chi connectivity index (χ3n) is 6.50. The normalized spacial score (nSPS) is 19.4. The minimum atomic E-state index is 0.364. The van der Waals surface area contributed by atoms with Gasteiger partial charge in [0.05, 0.1) is 0 Å². The van der Waals surface area contributed by atoms with E-state index in [1.807, 2.05) is 0 Å². The average molecular weight is 358 g/mol. The van der Waals surface area contributed by atoms with Crippen LogP contribution in [0.5, 0.6) is 0 Å². The van der Waals surface area contributed by atoms with Gasteiger partial charge in [-0.1, -0.05) is 97.2 Å². The fourth-order valence-corrected chi connectivity index (χ4v) is 5.26. The summed E-state index contributed by atoms with van der Waals surface area (Å²) in [4.78, 5) is 0. The van der Waals surface area contributed by atoms with Crippen molar-refractivity contribution in [3.63, 3.8) is 0 Å². The van der Waals surface area contributed by atoms with E-state index in [9.17, 15) is 0 Å². The molecule has 2 aromatic rings. The van der Waals surface area contributed by atoms with E-state index < -0.39 is 0 Å². The number of fused-ring (bicyclic) bond motifs is 3. The molecule has 0 heteroatoms. The molecule has 0 aliphatic heterocycles. The lowest BCUT2D eigenvalue weighted by molar-refractivity contribution is 0.926. The van der Waals surface area contributed by atoms with E-state index in [0.717, 1.165) is 6.42 Å². The summed E-state index contributed by atoms with van der Waals surface area (Å²) in [7, 11) is 0. The number of allylic oxidation sites excluding steroid dienone is 12. The van der Waals surface area contributed by atoms with Crippen LogP contribution in [-0.2, 0) is 6.42 Å². The molecule has 4 aliphatic carbocycles. The molecule has 0 atom stereocenters. The molecule has 0 heterocycles. The first-order chi connectivity index (χ1) is 13.9. The number of benzene rings is 2. The zero-order valence-electron chi connectivity index (χ0n) is 15.8. The Labute approximate surface area is 166 Å². The van der Waals surface area contributed by atoms with E-state index in [-0.39, 0.29) is 0 Å². The highest BCUT2D eigenvalue weighted by Crippen LogP contribution is 2.49. The van der Waals surface area contributed by atoms with Crippen LogP contribution < -0.4 is 0 Å². The molecule has 0 amide bonds. The second kappa shape index (κ2) is 6.21. The first-order valence-corrected chi connectivity index (χ1v) is 10.2. The summed E-state index contributed by atoms with van der Waals surface area (Å²) in [6, 6.07) is 11.4. The monoisotopic (exact) mass is 358 g/mol. The van der Waals surface area contributed by atoms with E-state index in [4.69, 9.17) is 0 Å². The van der Waals surface area contributed by atoms with Crippen LogP contribution >= 0.6 is 0 Å². The Morgan fingerprint density at radius 3 is 1.82 bits per heavy atom. The van der Waals surface area contributed by atoms with Gasteiger partial charge in [-0.15, -0.1) is 0 Å². The number of hydrogen-bond donors (Lipinski definition) is 0. The van der Waals surface area contributed by atoms with Gasteiger partial charge in [0.2, 0.25) is 0 Å². The zero-order chi connectivity index (χ0) is 18.5. The van der Waals surface area contributed by atoms with Gasteiger partial charge in [0, 0.05) is 17.8 Å². The Morgan fingerprint density at radius 2 is 1.14 bits per heavy atom. The molecule has 28 heavy (non-hydrogen) atoms. The van der Waals surface area contributed by atoms with E-state index in [1.54, 1.807) is 0 Å². The zero-order valence-corrected chi connectivity index (χ0v) is 15.8.